The first-order valence-electron chi connectivity index (χ1n) is 13.4. The van der Waals surface area contributed by atoms with Crippen molar-refractivity contribution in [2.75, 3.05) is 39.4 Å². The molecule has 0 bridgehead atoms. The molecule has 0 aliphatic carbocycles. The van der Waals surface area contributed by atoms with Crippen LogP contribution < -0.4 is 10.1 Å². The Kier molecular flexibility index (Phi) is 8.43. The molecule has 12 heteroatoms. The highest BCUT2D eigenvalue weighted by Gasteiger charge is 2.32. The van der Waals surface area contributed by atoms with Gasteiger partial charge in [-0.2, -0.15) is 13.2 Å². The zero-order chi connectivity index (χ0) is 27.6. The van der Waals surface area contributed by atoms with Crippen LogP contribution in [0.2, 0.25) is 0 Å². The van der Waals surface area contributed by atoms with Gasteiger partial charge in [0.25, 0.3) is 17.0 Å². The number of fused-ring (bicyclic) bond motifs is 2. The molecule has 8 nitrogen and oxygen atoms in total. The van der Waals surface area contributed by atoms with Gasteiger partial charge in [0.15, 0.2) is 6.61 Å². The topological polar surface area (TPSA) is 84.0 Å². The summed E-state index contributed by atoms with van der Waals surface area (Å²) >= 11 is 1.21. The van der Waals surface area contributed by atoms with Crippen LogP contribution in [0.1, 0.15) is 63.0 Å². The first kappa shape index (κ1) is 27.9. The number of hydrogen-bond acceptors (Lipinski definition) is 7. The molecule has 0 saturated carbocycles. The normalized spacial score (nSPS) is 21.8. The summed E-state index contributed by atoms with van der Waals surface area (Å²) in [6, 6.07) is 5.25. The van der Waals surface area contributed by atoms with Crippen LogP contribution in [0.5, 0.6) is 5.19 Å². The number of benzene rings is 1. The second-order valence-corrected chi connectivity index (χ2v) is 11.3. The fourth-order valence-corrected chi connectivity index (χ4v) is 6.35. The Balaban J connectivity index is 1.04. The maximum atomic E-state index is 13.0. The Morgan fingerprint density at radius 1 is 1.26 bits per heavy atom. The molecule has 1 fully saturated rings. The van der Waals surface area contributed by atoms with Gasteiger partial charge in [-0.25, -0.2) is 4.98 Å². The largest absolute Gasteiger partial charge is 0.460 e. The van der Waals surface area contributed by atoms with E-state index in [9.17, 15) is 22.8 Å². The summed E-state index contributed by atoms with van der Waals surface area (Å²) in [5.41, 5.74) is 2.80. The third kappa shape index (κ3) is 6.72. The van der Waals surface area contributed by atoms with Crippen molar-refractivity contribution < 1.29 is 32.2 Å². The molecule has 1 saturated heterocycles. The summed E-state index contributed by atoms with van der Waals surface area (Å²) in [4.78, 5) is 34.8. The molecule has 1 N–H and O–H groups in total. The maximum Gasteiger partial charge on any atom is 0.422 e. The lowest BCUT2D eigenvalue weighted by molar-refractivity contribution is -0.153. The first-order chi connectivity index (χ1) is 18.7. The van der Waals surface area contributed by atoms with Crippen LogP contribution in [-0.4, -0.2) is 84.3 Å². The van der Waals surface area contributed by atoms with E-state index >= 15 is 0 Å². The van der Waals surface area contributed by atoms with Gasteiger partial charge in [0.2, 0.25) is 0 Å². The number of halogens is 3. The summed E-state index contributed by atoms with van der Waals surface area (Å²) in [7, 11) is 0. The number of aromatic nitrogens is 1. The van der Waals surface area contributed by atoms with Gasteiger partial charge < -0.3 is 24.6 Å². The molecular formula is C27H33F3N4O4S. The second-order valence-electron chi connectivity index (χ2n) is 10.2. The quantitative estimate of drug-likeness (QED) is 0.523. The van der Waals surface area contributed by atoms with Crippen molar-refractivity contribution >= 4 is 23.2 Å². The summed E-state index contributed by atoms with van der Waals surface area (Å²) < 4.78 is 48.1. The minimum atomic E-state index is -4.37. The monoisotopic (exact) mass is 566 g/mol. The van der Waals surface area contributed by atoms with Crippen molar-refractivity contribution in [1.82, 2.24) is 20.1 Å². The van der Waals surface area contributed by atoms with E-state index in [1.54, 1.807) is 23.1 Å². The standard InChI is InChI=1S/C27H33F3N4O4S/c1-2-34-14-21-19(4-3-5-20(21)25(34)36)24(35)31-17-6-7-18(37-15-17)8-11-33-12-9-22-23(10-13-33)39-26(32-22)38-16-27(28,29)30/h3-5,17-18H,2,6-16H2,1H3,(H,31,35)/t17-,18+/m0/s1. The Hall–Kier alpha value is -2.70. The number of alkyl halides is 3. The Labute approximate surface area is 229 Å². The molecule has 0 radical (unpaired) electrons. The molecule has 1 aromatic carbocycles. The fraction of sp³-hybridized carbons (Fsp3) is 0.593. The molecular weight excluding hydrogens is 533 g/mol. The van der Waals surface area contributed by atoms with Crippen molar-refractivity contribution in [2.24, 2.45) is 0 Å². The zero-order valence-corrected chi connectivity index (χ0v) is 22.7. The van der Waals surface area contributed by atoms with E-state index in [0.29, 0.717) is 37.2 Å². The zero-order valence-electron chi connectivity index (χ0n) is 21.9. The first-order valence-corrected chi connectivity index (χ1v) is 14.3. The number of hydrogen-bond donors (Lipinski definition) is 1. The van der Waals surface area contributed by atoms with Crippen molar-refractivity contribution in [3.8, 4) is 5.19 Å². The predicted octanol–water partition coefficient (Wildman–Crippen LogP) is 3.83. The van der Waals surface area contributed by atoms with Gasteiger partial charge in [-0.3, -0.25) is 9.59 Å². The SMILES string of the molecule is CCN1Cc2c(C(=O)N[C@H]3CC[C@H](CCN4CCc5nc(OCC(F)(F)F)sc5CC4)OC3)cccc2C1=O. The lowest BCUT2D eigenvalue weighted by Crippen LogP contribution is -2.43. The summed E-state index contributed by atoms with van der Waals surface area (Å²) in [6.45, 7) is 4.61. The van der Waals surface area contributed by atoms with E-state index in [1.165, 1.54) is 11.3 Å². The number of nitrogens with one attached hydrogen (secondary N) is 1. The van der Waals surface area contributed by atoms with Crippen molar-refractivity contribution in [2.45, 2.75) is 63.9 Å². The van der Waals surface area contributed by atoms with Crippen molar-refractivity contribution in [3.63, 3.8) is 0 Å². The van der Waals surface area contributed by atoms with Gasteiger partial charge in [-0.15, -0.1) is 0 Å². The van der Waals surface area contributed by atoms with E-state index in [-0.39, 0.29) is 29.2 Å². The summed E-state index contributed by atoms with van der Waals surface area (Å²) in [5, 5.41) is 3.19. The fourth-order valence-electron chi connectivity index (χ4n) is 5.41. The number of carbonyl (C=O) groups is 2. The van der Waals surface area contributed by atoms with Gasteiger partial charge in [-0.1, -0.05) is 17.4 Å². The third-order valence-corrected chi connectivity index (χ3v) is 8.65. The highest BCUT2D eigenvalue weighted by molar-refractivity contribution is 7.13. The van der Waals surface area contributed by atoms with Crippen LogP contribution in [0, 0.1) is 0 Å². The maximum absolute atomic E-state index is 13.0. The summed E-state index contributed by atoms with van der Waals surface area (Å²) in [5.74, 6) is -0.191. The van der Waals surface area contributed by atoms with E-state index in [0.717, 1.165) is 61.5 Å². The number of amides is 2. The van der Waals surface area contributed by atoms with Crippen molar-refractivity contribution in [3.05, 3.63) is 45.5 Å². The van der Waals surface area contributed by atoms with E-state index in [4.69, 9.17) is 9.47 Å². The van der Waals surface area contributed by atoms with E-state index < -0.39 is 12.8 Å². The number of rotatable bonds is 8. The Morgan fingerprint density at radius 3 is 2.82 bits per heavy atom. The van der Waals surface area contributed by atoms with Gasteiger partial charge in [0, 0.05) is 55.1 Å². The smallest absolute Gasteiger partial charge is 0.422 e. The second kappa shape index (κ2) is 11.8. The minimum absolute atomic E-state index is 0.0259. The average molecular weight is 567 g/mol. The molecule has 1 aromatic heterocycles. The lowest BCUT2D eigenvalue weighted by atomic mass is 10.00. The van der Waals surface area contributed by atoms with Crippen LogP contribution >= 0.6 is 11.3 Å². The molecule has 3 aliphatic rings. The van der Waals surface area contributed by atoms with Gasteiger partial charge >= 0.3 is 6.18 Å². The van der Waals surface area contributed by atoms with Crippen molar-refractivity contribution in [1.29, 1.82) is 0 Å². The average Bonchev–Trinajstić information content (AvgIpc) is 3.41. The van der Waals surface area contributed by atoms with Crippen LogP contribution in [0.15, 0.2) is 18.2 Å². The number of thiazole rings is 1. The molecule has 5 rings (SSSR count). The molecule has 4 heterocycles. The number of nitrogens with zero attached hydrogens (tertiary/aromatic N) is 3. The van der Waals surface area contributed by atoms with Crippen LogP contribution in [0.25, 0.3) is 0 Å². The highest BCUT2D eigenvalue weighted by atomic mass is 32.1. The molecule has 0 spiro atoms. The number of carbonyl (C=O) groups excluding carboxylic acids is 2. The van der Waals surface area contributed by atoms with Gasteiger partial charge in [-0.05, 0) is 50.3 Å². The van der Waals surface area contributed by atoms with Gasteiger partial charge in [0.1, 0.15) is 0 Å². The summed E-state index contributed by atoms with van der Waals surface area (Å²) in [6.07, 6.45) is -0.266. The molecule has 0 unspecified atom stereocenters. The lowest BCUT2D eigenvalue weighted by Gasteiger charge is -2.31. The Bertz CT molecular complexity index is 1170. The number of ether oxygens (including phenoxy) is 2. The van der Waals surface area contributed by atoms with Crippen LogP contribution in [-0.2, 0) is 24.1 Å². The van der Waals surface area contributed by atoms with E-state index in [1.807, 2.05) is 6.92 Å². The van der Waals surface area contributed by atoms with Crippen LogP contribution in [0.3, 0.4) is 0 Å². The predicted molar refractivity (Wildman–Crippen MR) is 139 cm³/mol. The minimum Gasteiger partial charge on any atom is -0.460 e. The third-order valence-electron chi connectivity index (χ3n) is 7.58. The van der Waals surface area contributed by atoms with Gasteiger partial charge in [0.05, 0.1) is 24.4 Å². The van der Waals surface area contributed by atoms with Crippen LogP contribution in [0.4, 0.5) is 13.2 Å². The highest BCUT2D eigenvalue weighted by Crippen LogP contribution is 2.30. The molecule has 2 aromatic rings. The molecule has 212 valence electrons. The molecule has 2 amide bonds. The van der Waals surface area contributed by atoms with E-state index in [2.05, 4.69) is 15.2 Å². The Morgan fingerprint density at radius 2 is 2.08 bits per heavy atom. The molecule has 3 aliphatic heterocycles. The molecule has 2 atom stereocenters. The molecule has 39 heavy (non-hydrogen) atoms.